The lowest BCUT2D eigenvalue weighted by Crippen LogP contribution is -2.09. The van der Waals surface area contributed by atoms with Gasteiger partial charge in [0.1, 0.15) is 0 Å². The van der Waals surface area contributed by atoms with Gasteiger partial charge in [-0.25, -0.2) is 0 Å². The Bertz CT molecular complexity index is 377. The molecule has 0 saturated carbocycles. The smallest absolute Gasteiger partial charge is 0.385 e. The van der Waals surface area contributed by atoms with E-state index in [-0.39, 0.29) is 5.56 Å². The van der Waals surface area contributed by atoms with E-state index in [0.29, 0.717) is 18.8 Å². The first-order valence-corrected chi connectivity index (χ1v) is 5.86. The summed E-state index contributed by atoms with van der Waals surface area (Å²) >= 11 is 0. The van der Waals surface area contributed by atoms with Gasteiger partial charge in [0.15, 0.2) is 0 Å². The van der Waals surface area contributed by atoms with Crippen molar-refractivity contribution in [3.05, 3.63) is 29.3 Å². The quantitative estimate of drug-likeness (QED) is 0.785. The van der Waals surface area contributed by atoms with Crippen LogP contribution in [-0.2, 0) is 10.9 Å². The molecule has 0 saturated heterocycles. The van der Waals surface area contributed by atoms with Crippen LogP contribution in [0.3, 0.4) is 0 Å². The van der Waals surface area contributed by atoms with E-state index in [1.165, 1.54) is 13.0 Å². The van der Waals surface area contributed by atoms with Crippen molar-refractivity contribution in [1.82, 2.24) is 0 Å². The van der Waals surface area contributed by atoms with Crippen LogP contribution < -0.4 is 5.32 Å². The molecule has 0 radical (unpaired) electrons. The number of hydrogen-bond acceptors (Lipinski definition) is 2. The van der Waals surface area contributed by atoms with Crippen molar-refractivity contribution in [3.8, 4) is 0 Å². The minimum atomic E-state index is -4.29. The summed E-state index contributed by atoms with van der Waals surface area (Å²) in [6.45, 7) is 2.78. The Morgan fingerprint density at radius 2 is 1.94 bits per heavy atom. The van der Waals surface area contributed by atoms with Gasteiger partial charge in [-0.05, 0) is 37.5 Å². The maximum Gasteiger partial charge on any atom is 0.416 e. The minimum Gasteiger partial charge on any atom is -0.385 e. The minimum absolute atomic E-state index is 0.243. The Labute approximate surface area is 105 Å². The first-order valence-electron chi connectivity index (χ1n) is 5.86. The number of halogens is 3. The number of ether oxygens (including phenoxy) is 1. The van der Waals surface area contributed by atoms with Gasteiger partial charge < -0.3 is 10.1 Å². The van der Waals surface area contributed by atoms with Crippen molar-refractivity contribution in [2.24, 2.45) is 0 Å². The predicted octanol–water partition coefficient (Wildman–Crippen LogP) is 3.85. The lowest BCUT2D eigenvalue weighted by molar-refractivity contribution is -0.138. The zero-order valence-electron chi connectivity index (χ0n) is 10.6. The Balaban J connectivity index is 2.57. The first kappa shape index (κ1) is 14.8. The maximum atomic E-state index is 12.7. The average Bonchev–Trinajstić information content (AvgIpc) is 2.29. The van der Waals surface area contributed by atoms with Gasteiger partial charge in [-0.1, -0.05) is 6.07 Å². The predicted molar refractivity (Wildman–Crippen MR) is 65.8 cm³/mol. The Hall–Kier alpha value is -1.23. The fourth-order valence-electron chi connectivity index (χ4n) is 1.64. The topological polar surface area (TPSA) is 21.3 Å². The molecule has 1 rings (SSSR count). The molecule has 0 fully saturated rings. The molecule has 1 aromatic rings. The van der Waals surface area contributed by atoms with Gasteiger partial charge in [-0.3, -0.25) is 0 Å². The summed E-state index contributed by atoms with van der Waals surface area (Å²) in [5.41, 5.74) is 0.169. The number of benzene rings is 1. The zero-order chi connectivity index (χ0) is 13.6. The van der Waals surface area contributed by atoms with E-state index in [2.05, 4.69) is 5.32 Å². The molecule has 0 aliphatic carbocycles. The normalized spacial score (nSPS) is 11.6. The van der Waals surface area contributed by atoms with Crippen molar-refractivity contribution in [2.75, 3.05) is 25.6 Å². The second-order valence-corrected chi connectivity index (χ2v) is 4.15. The van der Waals surface area contributed by atoms with Crippen LogP contribution in [0, 0.1) is 6.92 Å². The summed E-state index contributed by atoms with van der Waals surface area (Å²) in [7, 11) is 1.63. The zero-order valence-corrected chi connectivity index (χ0v) is 10.6. The van der Waals surface area contributed by atoms with Gasteiger partial charge in [0, 0.05) is 25.9 Å². The Kier molecular flexibility index (Phi) is 5.47. The van der Waals surface area contributed by atoms with Crippen LogP contribution in [0.2, 0.25) is 0 Å². The molecule has 0 aromatic heterocycles. The van der Waals surface area contributed by atoms with Crippen LogP contribution in [-0.4, -0.2) is 20.3 Å². The number of hydrogen-bond donors (Lipinski definition) is 1. The van der Waals surface area contributed by atoms with Crippen LogP contribution in [0.4, 0.5) is 18.9 Å². The van der Waals surface area contributed by atoms with Gasteiger partial charge in [0.2, 0.25) is 0 Å². The van der Waals surface area contributed by atoms with Gasteiger partial charge >= 0.3 is 6.18 Å². The van der Waals surface area contributed by atoms with Crippen LogP contribution in [0.1, 0.15) is 24.0 Å². The molecule has 0 aliphatic rings. The SMILES string of the molecule is COCCCCNc1ccc(C)c(C(F)(F)F)c1. The summed E-state index contributed by atoms with van der Waals surface area (Å²) in [5.74, 6) is 0. The summed E-state index contributed by atoms with van der Waals surface area (Å²) in [4.78, 5) is 0. The number of unbranched alkanes of at least 4 members (excludes halogenated alkanes) is 1. The highest BCUT2D eigenvalue weighted by atomic mass is 19.4. The fourth-order valence-corrected chi connectivity index (χ4v) is 1.64. The maximum absolute atomic E-state index is 12.7. The molecule has 0 amide bonds. The highest BCUT2D eigenvalue weighted by Gasteiger charge is 2.32. The van der Waals surface area contributed by atoms with E-state index >= 15 is 0 Å². The van der Waals surface area contributed by atoms with Crippen molar-refractivity contribution >= 4 is 5.69 Å². The number of anilines is 1. The molecule has 2 nitrogen and oxygen atoms in total. The Morgan fingerprint density at radius 3 is 2.56 bits per heavy atom. The van der Waals surface area contributed by atoms with Crippen LogP contribution in [0.25, 0.3) is 0 Å². The molecule has 18 heavy (non-hydrogen) atoms. The van der Waals surface area contributed by atoms with Crippen LogP contribution in [0.15, 0.2) is 18.2 Å². The summed E-state index contributed by atoms with van der Waals surface area (Å²) in [6.07, 6.45) is -2.54. The molecule has 0 unspecified atom stereocenters. The lowest BCUT2D eigenvalue weighted by Gasteiger charge is -2.13. The molecular formula is C13H18F3NO. The largest absolute Gasteiger partial charge is 0.416 e. The third-order valence-corrected chi connectivity index (χ3v) is 2.65. The van der Waals surface area contributed by atoms with Gasteiger partial charge in [0.25, 0.3) is 0 Å². The van der Waals surface area contributed by atoms with E-state index in [0.717, 1.165) is 18.9 Å². The fraction of sp³-hybridized carbons (Fsp3) is 0.538. The molecule has 1 aromatic carbocycles. The molecular weight excluding hydrogens is 243 g/mol. The van der Waals surface area contributed by atoms with Crippen molar-refractivity contribution in [1.29, 1.82) is 0 Å². The molecule has 102 valence electrons. The summed E-state index contributed by atoms with van der Waals surface area (Å²) < 4.78 is 42.9. The van der Waals surface area contributed by atoms with E-state index in [4.69, 9.17) is 4.74 Å². The van der Waals surface area contributed by atoms with Crippen LogP contribution >= 0.6 is 0 Å². The number of methoxy groups -OCH3 is 1. The molecule has 5 heteroatoms. The van der Waals surface area contributed by atoms with E-state index in [9.17, 15) is 13.2 Å². The van der Waals surface area contributed by atoms with E-state index in [1.807, 2.05) is 0 Å². The number of rotatable bonds is 6. The number of aryl methyl sites for hydroxylation is 1. The monoisotopic (exact) mass is 261 g/mol. The van der Waals surface area contributed by atoms with Crippen LogP contribution in [0.5, 0.6) is 0 Å². The number of nitrogens with one attached hydrogen (secondary N) is 1. The van der Waals surface area contributed by atoms with E-state index < -0.39 is 11.7 Å². The average molecular weight is 261 g/mol. The van der Waals surface area contributed by atoms with Crippen molar-refractivity contribution in [3.63, 3.8) is 0 Å². The first-order chi connectivity index (χ1) is 8.45. The van der Waals surface area contributed by atoms with Gasteiger partial charge in [-0.15, -0.1) is 0 Å². The molecule has 0 spiro atoms. The molecule has 1 N–H and O–H groups in total. The third kappa shape index (κ3) is 4.56. The highest BCUT2D eigenvalue weighted by Crippen LogP contribution is 2.33. The second kappa shape index (κ2) is 6.64. The second-order valence-electron chi connectivity index (χ2n) is 4.15. The molecule has 0 bridgehead atoms. The van der Waals surface area contributed by atoms with Gasteiger partial charge in [0.05, 0.1) is 5.56 Å². The van der Waals surface area contributed by atoms with Gasteiger partial charge in [-0.2, -0.15) is 13.2 Å². The summed E-state index contributed by atoms with van der Waals surface area (Å²) in [5, 5.41) is 2.99. The molecule has 0 heterocycles. The van der Waals surface area contributed by atoms with Crippen molar-refractivity contribution in [2.45, 2.75) is 25.9 Å². The summed E-state index contributed by atoms with van der Waals surface area (Å²) in [6, 6.07) is 4.31. The lowest BCUT2D eigenvalue weighted by atomic mass is 10.1. The van der Waals surface area contributed by atoms with Crippen molar-refractivity contribution < 1.29 is 17.9 Å². The molecule has 0 atom stereocenters. The van der Waals surface area contributed by atoms with E-state index in [1.54, 1.807) is 13.2 Å². The number of alkyl halides is 3. The Morgan fingerprint density at radius 1 is 1.22 bits per heavy atom. The standard InChI is InChI=1S/C13H18F3NO/c1-10-5-6-11(9-12(10)13(14,15)16)17-7-3-4-8-18-2/h5-6,9,17H,3-4,7-8H2,1-2H3. The third-order valence-electron chi connectivity index (χ3n) is 2.65. The highest BCUT2D eigenvalue weighted by molar-refractivity contribution is 5.49. The molecule has 0 aliphatic heterocycles.